The number of hydrogen-bond acceptors (Lipinski definition) is 2. The fourth-order valence-electron chi connectivity index (χ4n) is 4.57. The number of nitrogens with one attached hydrogen (secondary N) is 1. The van der Waals surface area contributed by atoms with Crippen molar-refractivity contribution in [3.63, 3.8) is 0 Å². The van der Waals surface area contributed by atoms with Crippen molar-refractivity contribution in [2.45, 2.75) is 44.7 Å². The summed E-state index contributed by atoms with van der Waals surface area (Å²) in [7, 11) is 0. The van der Waals surface area contributed by atoms with E-state index in [9.17, 15) is 8.78 Å². The first-order valence-electron chi connectivity index (χ1n) is 12.9. The molecule has 1 atom stereocenters. The topological polar surface area (TPSA) is 24.9 Å². The van der Waals surface area contributed by atoms with E-state index < -0.39 is 11.5 Å². The van der Waals surface area contributed by atoms with Crippen LogP contribution < -0.4 is 5.32 Å². The summed E-state index contributed by atoms with van der Waals surface area (Å²) >= 11 is 0. The Balaban J connectivity index is 1.68. The lowest BCUT2D eigenvalue weighted by Crippen LogP contribution is -2.45. The van der Waals surface area contributed by atoms with Crippen molar-refractivity contribution in [1.82, 2.24) is 10.3 Å². The first-order valence-corrected chi connectivity index (χ1v) is 12.9. The number of nitrogens with zero attached hydrogens (tertiary/aromatic N) is 1. The number of aromatic nitrogens is 1. The van der Waals surface area contributed by atoms with E-state index in [1.165, 1.54) is 17.2 Å². The summed E-state index contributed by atoms with van der Waals surface area (Å²) in [6.45, 7) is 3.59. The molecule has 4 heteroatoms. The maximum absolute atomic E-state index is 13.4. The van der Waals surface area contributed by atoms with Crippen LogP contribution in [0.25, 0.3) is 11.1 Å². The van der Waals surface area contributed by atoms with Gasteiger partial charge < -0.3 is 0 Å². The molecule has 0 saturated heterocycles. The third-order valence-corrected chi connectivity index (χ3v) is 6.70. The number of hydrogen-bond donors (Lipinski definition) is 1. The molecule has 38 heavy (non-hydrogen) atoms. The Morgan fingerprint density at radius 2 is 1.42 bits per heavy atom. The van der Waals surface area contributed by atoms with Crippen molar-refractivity contribution >= 4 is 0 Å². The Labute approximate surface area is 224 Å². The zero-order chi connectivity index (χ0) is 26.8. The lowest BCUT2D eigenvalue weighted by molar-refractivity contribution is 0.0255. The maximum Gasteiger partial charge on any atom is 0.248 e. The van der Waals surface area contributed by atoms with E-state index in [2.05, 4.69) is 53.8 Å². The monoisotopic (exact) mass is 508 g/mol. The van der Waals surface area contributed by atoms with Gasteiger partial charge in [0.25, 0.3) is 0 Å². The standard InChI is InChI=1S/C34H34F2N2/c1-27(13-9-11-23-33(2,35)36)34(32-18-10-12-24-37-32,25-28-14-5-3-6-15-28)38-26-29-19-21-31(22-20-29)30-16-7-4-8-17-30/h3-22,24,38H,23,25-26H2,1-2H3/b11-9-,27-13+. The molecule has 0 fully saturated rings. The molecule has 1 N–H and O–H groups in total. The molecule has 4 aromatic rings. The molecule has 0 amide bonds. The fourth-order valence-corrected chi connectivity index (χ4v) is 4.57. The molecule has 0 saturated carbocycles. The minimum atomic E-state index is -2.73. The number of pyridine rings is 1. The molecule has 0 radical (unpaired) electrons. The number of rotatable bonds is 11. The summed E-state index contributed by atoms with van der Waals surface area (Å²) in [6.07, 6.45) is 7.34. The third kappa shape index (κ3) is 7.33. The number of halogens is 2. The minimum Gasteiger partial charge on any atom is -0.298 e. The summed E-state index contributed by atoms with van der Waals surface area (Å²) in [5.41, 5.74) is 5.89. The Bertz CT molecular complexity index is 1330. The Hall–Kier alpha value is -3.89. The molecule has 4 rings (SSSR count). The lowest BCUT2D eigenvalue weighted by atomic mass is 9.80. The Kier molecular flexibility index (Phi) is 8.98. The van der Waals surface area contributed by atoms with E-state index in [1.54, 1.807) is 12.3 Å². The van der Waals surface area contributed by atoms with Crippen LogP contribution in [-0.4, -0.2) is 10.9 Å². The summed E-state index contributed by atoms with van der Waals surface area (Å²) < 4.78 is 26.8. The first kappa shape index (κ1) is 27.2. The predicted molar refractivity (Wildman–Crippen MR) is 153 cm³/mol. The smallest absolute Gasteiger partial charge is 0.248 e. The van der Waals surface area contributed by atoms with Crippen molar-refractivity contribution < 1.29 is 8.78 Å². The number of alkyl halides is 2. The molecular weight excluding hydrogens is 474 g/mol. The quantitative estimate of drug-likeness (QED) is 0.205. The van der Waals surface area contributed by atoms with Gasteiger partial charge in [-0.3, -0.25) is 10.3 Å². The first-order chi connectivity index (χ1) is 18.4. The van der Waals surface area contributed by atoms with Crippen LogP contribution in [0.5, 0.6) is 0 Å². The van der Waals surface area contributed by atoms with Crippen molar-refractivity contribution in [2.24, 2.45) is 0 Å². The zero-order valence-electron chi connectivity index (χ0n) is 21.9. The maximum atomic E-state index is 13.4. The minimum absolute atomic E-state index is 0.298. The molecule has 0 aliphatic carbocycles. The van der Waals surface area contributed by atoms with Gasteiger partial charge in [0, 0.05) is 25.6 Å². The summed E-state index contributed by atoms with van der Waals surface area (Å²) in [5.74, 6) is -2.73. The van der Waals surface area contributed by atoms with Gasteiger partial charge in [0.2, 0.25) is 5.92 Å². The molecule has 194 valence electrons. The molecule has 0 spiro atoms. The highest BCUT2D eigenvalue weighted by atomic mass is 19.3. The molecule has 0 aliphatic rings. The highest BCUT2D eigenvalue weighted by Crippen LogP contribution is 2.33. The van der Waals surface area contributed by atoms with E-state index in [-0.39, 0.29) is 6.42 Å². The highest BCUT2D eigenvalue weighted by Gasteiger charge is 2.35. The van der Waals surface area contributed by atoms with E-state index >= 15 is 0 Å². The van der Waals surface area contributed by atoms with Gasteiger partial charge in [-0.2, -0.15) is 0 Å². The largest absolute Gasteiger partial charge is 0.298 e. The summed E-state index contributed by atoms with van der Waals surface area (Å²) in [6, 6.07) is 35.1. The highest BCUT2D eigenvalue weighted by molar-refractivity contribution is 5.63. The second-order valence-electron chi connectivity index (χ2n) is 9.75. The third-order valence-electron chi connectivity index (χ3n) is 6.70. The fraction of sp³-hybridized carbons (Fsp3) is 0.206. The van der Waals surface area contributed by atoms with E-state index in [4.69, 9.17) is 4.98 Å². The van der Waals surface area contributed by atoms with Crippen molar-refractivity contribution in [2.75, 3.05) is 0 Å². The van der Waals surface area contributed by atoms with Gasteiger partial charge in [-0.05, 0) is 53.8 Å². The van der Waals surface area contributed by atoms with Gasteiger partial charge >= 0.3 is 0 Å². The Morgan fingerprint density at radius 3 is 2.05 bits per heavy atom. The number of benzene rings is 3. The lowest BCUT2D eigenvalue weighted by Gasteiger charge is -2.36. The molecule has 2 nitrogen and oxygen atoms in total. The van der Waals surface area contributed by atoms with Crippen LogP contribution in [0.1, 0.15) is 37.1 Å². The normalized spacial score (nSPS) is 13.9. The van der Waals surface area contributed by atoms with Crippen LogP contribution in [-0.2, 0) is 18.5 Å². The molecule has 0 aliphatic heterocycles. The Morgan fingerprint density at radius 1 is 0.789 bits per heavy atom. The summed E-state index contributed by atoms with van der Waals surface area (Å²) in [4.78, 5) is 4.75. The molecule has 0 bridgehead atoms. The predicted octanol–water partition coefficient (Wildman–Crippen LogP) is 8.52. The molecular formula is C34H34F2N2. The van der Waals surface area contributed by atoms with Gasteiger partial charge in [-0.15, -0.1) is 0 Å². The van der Waals surface area contributed by atoms with Gasteiger partial charge in [0.1, 0.15) is 0 Å². The van der Waals surface area contributed by atoms with Crippen LogP contribution >= 0.6 is 0 Å². The van der Waals surface area contributed by atoms with Crippen LogP contribution in [0.15, 0.2) is 133 Å². The van der Waals surface area contributed by atoms with Gasteiger partial charge in [0.05, 0.1) is 11.2 Å². The van der Waals surface area contributed by atoms with Crippen LogP contribution in [0.2, 0.25) is 0 Å². The summed E-state index contributed by atoms with van der Waals surface area (Å²) in [5, 5.41) is 3.82. The van der Waals surface area contributed by atoms with E-state index in [1.807, 2.05) is 67.6 Å². The second-order valence-corrected chi connectivity index (χ2v) is 9.75. The average molecular weight is 509 g/mol. The van der Waals surface area contributed by atoms with Crippen molar-refractivity contribution in [3.8, 4) is 11.1 Å². The molecule has 1 unspecified atom stereocenters. The van der Waals surface area contributed by atoms with Crippen molar-refractivity contribution in [3.05, 3.63) is 150 Å². The van der Waals surface area contributed by atoms with Gasteiger partial charge in [0.15, 0.2) is 0 Å². The average Bonchev–Trinajstić information content (AvgIpc) is 2.94. The van der Waals surface area contributed by atoms with Crippen LogP contribution in [0.3, 0.4) is 0 Å². The van der Waals surface area contributed by atoms with Gasteiger partial charge in [-0.1, -0.05) is 109 Å². The molecule has 1 heterocycles. The van der Waals surface area contributed by atoms with Crippen molar-refractivity contribution in [1.29, 1.82) is 0 Å². The van der Waals surface area contributed by atoms with Crippen LogP contribution in [0, 0.1) is 0 Å². The number of allylic oxidation sites excluding steroid dienone is 3. The SMILES string of the molecule is C/C(=C\C=C/CC(C)(F)F)C(Cc1ccccc1)(NCc1ccc(-c2ccccc2)cc1)c1ccccn1. The zero-order valence-corrected chi connectivity index (χ0v) is 21.9. The van der Waals surface area contributed by atoms with E-state index in [0.29, 0.717) is 13.0 Å². The molecule has 1 aromatic heterocycles. The second kappa shape index (κ2) is 12.6. The van der Waals surface area contributed by atoms with E-state index in [0.717, 1.165) is 29.3 Å². The van der Waals surface area contributed by atoms with Crippen LogP contribution in [0.4, 0.5) is 8.78 Å². The van der Waals surface area contributed by atoms with Gasteiger partial charge in [-0.25, -0.2) is 8.78 Å². The molecule has 3 aromatic carbocycles.